The van der Waals surface area contributed by atoms with E-state index in [0.717, 1.165) is 12.1 Å². The molecule has 3 nitrogen and oxygen atoms in total. The van der Waals surface area contributed by atoms with E-state index in [1.54, 1.807) is 12.1 Å². The van der Waals surface area contributed by atoms with Crippen LogP contribution in [0.3, 0.4) is 0 Å². The molecule has 0 aliphatic heterocycles. The highest BCUT2D eigenvalue weighted by atomic mass is 16.2. The van der Waals surface area contributed by atoms with Crippen LogP contribution in [0.25, 0.3) is 0 Å². The molecule has 0 heterocycles. The van der Waals surface area contributed by atoms with Crippen LogP contribution in [0, 0.1) is 0 Å². The van der Waals surface area contributed by atoms with Crippen LogP contribution in [0.4, 0.5) is 5.69 Å². The van der Waals surface area contributed by atoms with Crippen LogP contribution in [0.5, 0.6) is 0 Å². The Balaban J connectivity index is 2.02. The quantitative estimate of drug-likeness (QED) is 0.807. The number of para-hydroxylation sites is 1. The molecule has 2 aromatic carbocycles. The van der Waals surface area contributed by atoms with Gasteiger partial charge < -0.3 is 0 Å². The first-order chi connectivity index (χ1) is 8.81. The second-order valence-electron chi connectivity index (χ2n) is 3.96. The number of amides is 1. The highest BCUT2D eigenvalue weighted by Gasteiger charge is 2.04. The van der Waals surface area contributed by atoms with Crippen LogP contribution < -0.4 is 10.9 Å². The summed E-state index contributed by atoms with van der Waals surface area (Å²) in [7, 11) is 0. The van der Waals surface area contributed by atoms with E-state index in [0.29, 0.717) is 5.56 Å². The highest BCUT2D eigenvalue weighted by Crippen LogP contribution is 2.14. The van der Waals surface area contributed by atoms with Gasteiger partial charge in [0.05, 0.1) is 5.69 Å². The summed E-state index contributed by atoms with van der Waals surface area (Å²) in [6.07, 6.45) is 0.921. The summed E-state index contributed by atoms with van der Waals surface area (Å²) in [5.41, 5.74) is 8.41. The minimum absolute atomic E-state index is 0.137. The lowest BCUT2D eigenvalue weighted by Crippen LogP contribution is -2.29. The summed E-state index contributed by atoms with van der Waals surface area (Å²) in [4.78, 5) is 11.8. The van der Waals surface area contributed by atoms with E-state index in [1.165, 1.54) is 5.56 Å². The average Bonchev–Trinajstić information content (AvgIpc) is 2.46. The molecule has 0 fully saturated rings. The molecule has 3 heteroatoms. The summed E-state index contributed by atoms with van der Waals surface area (Å²) in [5.74, 6) is -0.137. The molecule has 92 valence electrons. The Kier molecular flexibility index (Phi) is 3.97. The first-order valence-corrected chi connectivity index (χ1v) is 6.00. The largest absolute Gasteiger partial charge is 0.298 e. The van der Waals surface area contributed by atoms with Crippen molar-refractivity contribution < 1.29 is 4.79 Å². The van der Waals surface area contributed by atoms with Gasteiger partial charge in [0.2, 0.25) is 0 Å². The van der Waals surface area contributed by atoms with Gasteiger partial charge in [-0.1, -0.05) is 43.3 Å². The predicted molar refractivity (Wildman–Crippen MR) is 73.4 cm³/mol. The normalized spacial score (nSPS) is 9.83. The number of hydrogen-bond acceptors (Lipinski definition) is 2. The van der Waals surface area contributed by atoms with Gasteiger partial charge in [0.15, 0.2) is 0 Å². The Morgan fingerprint density at radius 1 is 1.00 bits per heavy atom. The zero-order valence-corrected chi connectivity index (χ0v) is 10.3. The molecule has 2 rings (SSSR count). The van der Waals surface area contributed by atoms with Gasteiger partial charge in [-0.3, -0.25) is 15.6 Å². The standard InChI is InChI=1S/C15H16N2O/c1-2-12-8-6-7-11-14(12)16-17-15(18)13-9-4-3-5-10-13/h3-11,16H,2H2,1H3,(H,17,18). The van der Waals surface area contributed by atoms with E-state index in [9.17, 15) is 4.79 Å². The summed E-state index contributed by atoms with van der Waals surface area (Å²) in [6, 6.07) is 17.0. The maximum Gasteiger partial charge on any atom is 0.269 e. The number of anilines is 1. The lowest BCUT2D eigenvalue weighted by atomic mass is 10.1. The maximum atomic E-state index is 11.8. The molecular weight excluding hydrogens is 224 g/mol. The Morgan fingerprint density at radius 2 is 1.67 bits per heavy atom. The number of aryl methyl sites for hydroxylation is 1. The number of hydrogen-bond donors (Lipinski definition) is 2. The number of hydrazine groups is 1. The van der Waals surface area contributed by atoms with Crippen molar-refractivity contribution in [1.29, 1.82) is 0 Å². The smallest absolute Gasteiger partial charge is 0.269 e. The molecule has 0 atom stereocenters. The number of nitrogens with one attached hydrogen (secondary N) is 2. The molecule has 18 heavy (non-hydrogen) atoms. The van der Waals surface area contributed by atoms with Gasteiger partial charge in [-0.2, -0.15) is 0 Å². The van der Waals surface area contributed by atoms with Gasteiger partial charge >= 0.3 is 0 Å². The van der Waals surface area contributed by atoms with Crippen molar-refractivity contribution in [2.24, 2.45) is 0 Å². The fraction of sp³-hybridized carbons (Fsp3) is 0.133. The molecule has 0 aliphatic rings. The summed E-state index contributed by atoms with van der Waals surface area (Å²) in [5, 5.41) is 0. The van der Waals surface area contributed by atoms with Crippen molar-refractivity contribution in [3.8, 4) is 0 Å². The molecular formula is C15H16N2O. The lowest BCUT2D eigenvalue weighted by molar-refractivity contribution is 0.0962. The summed E-state index contributed by atoms with van der Waals surface area (Å²) in [6.45, 7) is 2.08. The van der Waals surface area contributed by atoms with Gasteiger partial charge in [0.1, 0.15) is 0 Å². The predicted octanol–water partition coefficient (Wildman–Crippen LogP) is 3.01. The first kappa shape index (κ1) is 12.2. The Bertz CT molecular complexity index is 523. The van der Waals surface area contributed by atoms with Crippen LogP contribution in [-0.4, -0.2) is 5.91 Å². The maximum absolute atomic E-state index is 11.8. The highest BCUT2D eigenvalue weighted by molar-refractivity contribution is 5.94. The Morgan fingerprint density at radius 3 is 2.39 bits per heavy atom. The van der Waals surface area contributed by atoms with Crippen LogP contribution in [-0.2, 0) is 6.42 Å². The van der Waals surface area contributed by atoms with Crippen LogP contribution >= 0.6 is 0 Å². The van der Waals surface area contributed by atoms with E-state index < -0.39 is 0 Å². The van der Waals surface area contributed by atoms with Crippen molar-refractivity contribution in [2.75, 3.05) is 5.43 Å². The summed E-state index contributed by atoms with van der Waals surface area (Å²) >= 11 is 0. The first-order valence-electron chi connectivity index (χ1n) is 6.00. The zero-order valence-electron chi connectivity index (χ0n) is 10.3. The van der Waals surface area contributed by atoms with Crippen molar-refractivity contribution in [2.45, 2.75) is 13.3 Å². The summed E-state index contributed by atoms with van der Waals surface area (Å²) < 4.78 is 0. The van der Waals surface area contributed by atoms with Crippen molar-refractivity contribution in [3.63, 3.8) is 0 Å². The molecule has 1 amide bonds. The minimum Gasteiger partial charge on any atom is -0.298 e. The molecule has 0 bridgehead atoms. The SMILES string of the molecule is CCc1ccccc1NNC(=O)c1ccccc1. The van der Waals surface area contributed by atoms with Gasteiger partial charge in [-0.15, -0.1) is 0 Å². The monoisotopic (exact) mass is 240 g/mol. The number of rotatable bonds is 4. The fourth-order valence-corrected chi connectivity index (χ4v) is 1.74. The van der Waals surface area contributed by atoms with E-state index in [1.807, 2.05) is 42.5 Å². The molecule has 0 saturated carbocycles. The minimum atomic E-state index is -0.137. The fourth-order valence-electron chi connectivity index (χ4n) is 1.74. The topological polar surface area (TPSA) is 41.1 Å². The van der Waals surface area contributed by atoms with Gasteiger partial charge in [-0.05, 0) is 30.2 Å². The number of carbonyl (C=O) groups excluding carboxylic acids is 1. The molecule has 2 N–H and O–H groups in total. The molecule has 2 aromatic rings. The van der Waals surface area contributed by atoms with E-state index in [4.69, 9.17) is 0 Å². The second kappa shape index (κ2) is 5.87. The van der Waals surface area contributed by atoms with E-state index in [2.05, 4.69) is 17.8 Å². The average molecular weight is 240 g/mol. The van der Waals surface area contributed by atoms with Crippen molar-refractivity contribution >= 4 is 11.6 Å². The molecule has 0 aliphatic carbocycles. The van der Waals surface area contributed by atoms with Crippen LogP contribution in [0.2, 0.25) is 0 Å². The van der Waals surface area contributed by atoms with Crippen LogP contribution in [0.1, 0.15) is 22.8 Å². The Labute approximate surface area is 107 Å². The van der Waals surface area contributed by atoms with Gasteiger partial charge in [-0.25, -0.2) is 0 Å². The molecule has 0 unspecified atom stereocenters. The molecule has 0 radical (unpaired) electrons. The Hall–Kier alpha value is -2.29. The number of benzene rings is 2. The van der Waals surface area contributed by atoms with Crippen molar-refractivity contribution in [1.82, 2.24) is 5.43 Å². The van der Waals surface area contributed by atoms with E-state index in [-0.39, 0.29) is 5.91 Å². The van der Waals surface area contributed by atoms with Crippen molar-refractivity contribution in [3.05, 3.63) is 65.7 Å². The van der Waals surface area contributed by atoms with Gasteiger partial charge in [0.25, 0.3) is 5.91 Å². The zero-order chi connectivity index (χ0) is 12.8. The lowest BCUT2D eigenvalue weighted by Gasteiger charge is -2.11. The van der Waals surface area contributed by atoms with E-state index >= 15 is 0 Å². The molecule has 0 saturated heterocycles. The van der Waals surface area contributed by atoms with Gasteiger partial charge in [0, 0.05) is 5.56 Å². The third-order valence-electron chi connectivity index (χ3n) is 2.74. The second-order valence-corrected chi connectivity index (χ2v) is 3.96. The molecule has 0 aromatic heterocycles. The third kappa shape index (κ3) is 2.88. The number of carbonyl (C=O) groups is 1. The third-order valence-corrected chi connectivity index (χ3v) is 2.74. The van der Waals surface area contributed by atoms with Crippen LogP contribution in [0.15, 0.2) is 54.6 Å². The molecule has 0 spiro atoms.